The highest BCUT2D eigenvalue weighted by molar-refractivity contribution is 7.90. The minimum atomic E-state index is -3.13. The quantitative estimate of drug-likeness (QED) is 0.413. The van der Waals surface area contributed by atoms with Crippen molar-refractivity contribution in [1.82, 2.24) is 15.1 Å². The summed E-state index contributed by atoms with van der Waals surface area (Å²) >= 11 is 0. The summed E-state index contributed by atoms with van der Waals surface area (Å²) in [6, 6.07) is 5.21. The van der Waals surface area contributed by atoms with Crippen molar-refractivity contribution < 1.29 is 27.5 Å². The summed E-state index contributed by atoms with van der Waals surface area (Å²) in [5, 5.41) is 7.92. The lowest BCUT2D eigenvalue weighted by Crippen LogP contribution is -2.56. The van der Waals surface area contributed by atoms with Crippen LogP contribution < -0.4 is 15.1 Å². The maximum Gasteiger partial charge on any atom is 0.416 e. The van der Waals surface area contributed by atoms with Crippen molar-refractivity contribution in [2.45, 2.75) is 103 Å². The number of benzene rings is 1. The zero-order chi connectivity index (χ0) is 32.0. The van der Waals surface area contributed by atoms with Crippen LogP contribution in [-0.4, -0.2) is 74.9 Å². The van der Waals surface area contributed by atoms with Crippen molar-refractivity contribution in [3.05, 3.63) is 30.6 Å². The van der Waals surface area contributed by atoms with Crippen LogP contribution in [0.4, 0.5) is 21.0 Å². The molecule has 2 fully saturated rings. The average molecular weight is 644 g/mol. The lowest BCUT2D eigenvalue weighted by atomic mass is 9.71. The number of piperidine rings is 1. The number of hydrogen-bond donors (Lipinski definition) is 1. The molecule has 248 valence electrons. The van der Waals surface area contributed by atoms with Gasteiger partial charge in [0.05, 0.1) is 49.6 Å². The Morgan fingerprint density at radius 1 is 0.956 bits per heavy atom. The number of aryl methyl sites for hydroxylation is 1. The zero-order valence-electron chi connectivity index (χ0n) is 27.0. The molecule has 3 heterocycles. The normalized spacial score (nSPS) is 22.7. The van der Waals surface area contributed by atoms with Gasteiger partial charge in [0.2, 0.25) is 0 Å². The first-order chi connectivity index (χ1) is 21.6. The van der Waals surface area contributed by atoms with E-state index in [-0.39, 0.29) is 36.5 Å². The second-order valence-corrected chi connectivity index (χ2v) is 15.4. The molecule has 12 heteroatoms. The third kappa shape index (κ3) is 8.00. The van der Waals surface area contributed by atoms with Gasteiger partial charge in [0.1, 0.15) is 9.84 Å². The number of rotatable bonds is 5. The SMILES string of the molecule is COC(=O)N1c2ccc(-c3cnn(CCS(C)(=O)=O)c3)cc2N(C(=O)OC2NCCCC23CCCCCCCCCC3)C[C@@H]1C. The Bertz CT molecular complexity index is 1430. The van der Waals surface area contributed by atoms with Crippen LogP contribution in [-0.2, 0) is 25.9 Å². The fourth-order valence-corrected chi connectivity index (χ4v) is 7.77. The molecule has 1 aromatic heterocycles. The largest absolute Gasteiger partial charge is 0.452 e. The lowest BCUT2D eigenvalue weighted by molar-refractivity contribution is -0.0501. The summed E-state index contributed by atoms with van der Waals surface area (Å²) in [7, 11) is -1.78. The molecule has 5 rings (SSSR count). The average Bonchev–Trinajstić information content (AvgIpc) is 3.48. The number of nitrogens with one attached hydrogen (secondary N) is 1. The first kappa shape index (κ1) is 33.2. The Morgan fingerprint density at radius 3 is 2.29 bits per heavy atom. The van der Waals surface area contributed by atoms with Crippen LogP contribution in [0.25, 0.3) is 11.1 Å². The number of anilines is 2. The van der Waals surface area contributed by atoms with Crippen molar-refractivity contribution >= 4 is 33.4 Å². The fourth-order valence-electron chi connectivity index (χ4n) is 7.25. The maximum atomic E-state index is 14.2. The van der Waals surface area contributed by atoms with E-state index in [2.05, 4.69) is 10.4 Å². The molecule has 1 saturated carbocycles. The smallest absolute Gasteiger partial charge is 0.416 e. The lowest BCUT2D eigenvalue weighted by Gasteiger charge is -2.46. The highest BCUT2D eigenvalue weighted by atomic mass is 32.2. The highest BCUT2D eigenvalue weighted by Gasteiger charge is 2.44. The van der Waals surface area contributed by atoms with Crippen LogP contribution in [0.15, 0.2) is 30.6 Å². The van der Waals surface area contributed by atoms with Crippen LogP contribution >= 0.6 is 0 Å². The van der Waals surface area contributed by atoms with Gasteiger partial charge in [-0.05, 0) is 56.8 Å². The van der Waals surface area contributed by atoms with Crippen molar-refractivity contribution in [3.8, 4) is 11.1 Å². The fraction of sp³-hybridized carbons (Fsp3) is 0.667. The number of amides is 2. The summed E-state index contributed by atoms with van der Waals surface area (Å²) in [6.07, 6.45) is 17.5. The molecular formula is C33H49N5O6S. The van der Waals surface area contributed by atoms with Gasteiger partial charge in [-0.3, -0.25) is 19.8 Å². The van der Waals surface area contributed by atoms with Crippen molar-refractivity contribution in [2.75, 3.05) is 42.0 Å². The van der Waals surface area contributed by atoms with Crippen LogP contribution in [0.3, 0.4) is 0 Å². The van der Waals surface area contributed by atoms with Gasteiger partial charge in [0.15, 0.2) is 6.23 Å². The minimum absolute atomic E-state index is 0.0133. The van der Waals surface area contributed by atoms with E-state index in [9.17, 15) is 18.0 Å². The molecule has 11 nitrogen and oxygen atoms in total. The molecule has 3 aliphatic rings. The molecule has 1 spiro atoms. The van der Waals surface area contributed by atoms with Crippen LogP contribution in [0.5, 0.6) is 0 Å². The zero-order valence-corrected chi connectivity index (χ0v) is 27.8. The molecule has 1 aromatic carbocycles. The number of carbonyl (C=O) groups is 2. The predicted molar refractivity (Wildman–Crippen MR) is 175 cm³/mol. The number of sulfone groups is 1. The minimum Gasteiger partial charge on any atom is -0.452 e. The molecule has 1 aliphatic carbocycles. The summed E-state index contributed by atoms with van der Waals surface area (Å²) in [5.41, 5.74) is 2.59. The van der Waals surface area contributed by atoms with Gasteiger partial charge in [0, 0.05) is 23.4 Å². The number of carbonyl (C=O) groups excluding carboxylic acids is 2. The molecule has 2 aromatic rings. The van der Waals surface area contributed by atoms with Gasteiger partial charge < -0.3 is 9.47 Å². The van der Waals surface area contributed by atoms with Gasteiger partial charge in [-0.1, -0.05) is 57.4 Å². The molecule has 0 bridgehead atoms. The van der Waals surface area contributed by atoms with E-state index < -0.39 is 22.0 Å². The first-order valence-electron chi connectivity index (χ1n) is 16.5. The number of nitrogens with zero attached hydrogens (tertiary/aromatic N) is 4. The number of ether oxygens (including phenoxy) is 2. The Morgan fingerprint density at radius 2 is 1.62 bits per heavy atom. The Labute approximate surface area is 267 Å². The van der Waals surface area contributed by atoms with Crippen LogP contribution in [0.1, 0.15) is 84.0 Å². The van der Waals surface area contributed by atoms with Crippen molar-refractivity contribution in [3.63, 3.8) is 0 Å². The molecule has 2 aliphatic heterocycles. The molecule has 0 radical (unpaired) electrons. The number of fused-ring (bicyclic) bond motifs is 1. The predicted octanol–water partition coefficient (Wildman–Crippen LogP) is 6.12. The standard InChI is InChI=1S/C33H49N5O6S/c1-25-23-37(31(39)44-30-33(17-12-18-34-30)15-10-8-6-4-5-7-9-11-16-33)29-21-26(13-14-28(29)38(25)32(40)43-2)27-22-35-36(24-27)19-20-45(3,41)42/h13-14,21-22,24-25,30,34H,4-12,15-20,23H2,1-3H3/t25-,30?/m0/s1. The van der Waals surface area contributed by atoms with E-state index in [1.165, 1.54) is 51.9 Å². The van der Waals surface area contributed by atoms with Gasteiger partial charge in [0.25, 0.3) is 0 Å². The Balaban J connectivity index is 1.43. The van der Waals surface area contributed by atoms with E-state index in [0.717, 1.165) is 56.2 Å². The van der Waals surface area contributed by atoms with E-state index in [1.807, 2.05) is 25.1 Å². The van der Waals surface area contributed by atoms with E-state index in [1.54, 1.807) is 26.9 Å². The molecule has 2 amide bonds. The third-order valence-corrected chi connectivity index (χ3v) is 10.6. The van der Waals surface area contributed by atoms with Crippen molar-refractivity contribution in [2.24, 2.45) is 5.41 Å². The molecule has 1 unspecified atom stereocenters. The molecular weight excluding hydrogens is 594 g/mol. The van der Waals surface area contributed by atoms with Crippen LogP contribution in [0, 0.1) is 5.41 Å². The summed E-state index contributed by atoms with van der Waals surface area (Å²) < 4.78 is 36.5. The number of hydrogen-bond acceptors (Lipinski definition) is 8. The first-order valence-corrected chi connectivity index (χ1v) is 18.6. The monoisotopic (exact) mass is 643 g/mol. The molecule has 1 N–H and O–H groups in total. The number of aromatic nitrogens is 2. The summed E-state index contributed by atoms with van der Waals surface area (Å²) in [5.74, 6) is -0.0133. The van der Waals surface area contributed by atoms with Gasteiger partial charge in [-0.15, -0.1) is 0 Å². The summed E-state index contributed by atoms with van der Waals surface area (Å²) in [6.45, 7) is 3.20. The van der Waals surface area contributed by atoms with Crippen molar-refractivity contribution in [1.29, 1.82) is 0 Å². The Kier molecular flexibility index (Phi) is 10.7. The Hall–Kier alpha value is -3.12. The van der Waals surface area contributed by atoms with Gasteiger partial charge >= 0.3 is 12.2 Å². The third-order valence-electron chi connectivity index (χ3n) is 9.72. The maximum absolute atomic E-state index is 14.2. The van der Waals surface area contributed by atoms with E-state index in [4.69, 9.17) is 9.47 Å². The van der Waals surface area contributed by atoms with E-state index >= 15 is 0 Å². The van der Waals surface area contributed by atoms with Gasteiger partial charge in [-0.25, -0.2) is 18.0 Å². The second-order valence-electron chi connectivity index (χ2n) is 13.1. The van der Waals surface area contributed by atoms with E-state index in [0.29, 0.717) is 11.4 Å². The molecule has 1 saturated heterocycles. The highest BCUT2D eigenvalue weighted by Crippen LogP contribution is 2.44. The van der Waals surface area contributed by atoms with Crippen LogP contribution in [0.2, 0.25) is 0 Å². The molecule has 45 heavy (non-hydrogen) atoms. The topological polar surface area (TPSA) is 123 Å². The van der Waals surface area contributed by atoms with Gasteiger partial charge in [-0.2, -0.15) is 5.10 Å². The number of methoxy groups -OCH3 is 1. The second kappa shape index (κ2) is 14.5. The summed E-state index contributed by atoms with van der Waals surface area (Å²) in [4.78, 5) is 30.3. The molecule has 2 atom stereocenters.